The third-order valence-electron chi connectivity index (χ3n) is 5.66. The van der Waals surface area contributed by atoms with Crippen molar-refractivity contribution in [3.8, 4) is 0 Å². The van der Waals surface area contributed by atoms with E-state index in [1.54, 1.807) is 6.92 Å². The molecule has 1 aromatic rings. The van der Waals surface area contributed by atoms with Gasteiger partial charge in [-0.1, -0.05) is 24.6 Å². The molecule has 5 atom stereocenters. The minimum absolute atomic E-state index is 0.0418. The number of aliphatic carboxylic acids is 2. The van der Waals surface area contributed by atoms with Gasteiger partial charge in [-0.05, 0) is 44.2 Å². The lowest BCUT2D eigenvalue weighted by Crippen LogP contribution is -2.55. The summed E-state index contributed by atoms with van der Waals surface area (Å²) < 4.78 is 0. The fourth-order valence-corrected chi connectivity index (χ4v) is 5.26. The standard InChI is InChI=1S/C20H26N2O5S/c1-12(21-15(19(24)25)11-28-14-7-3-2-4-8-14)18(23)22-16-9-5-6-13(16)10-17(22)20(26)27/h2-4,7-8,12-13,15-17,21H,5-6,9-11H2,1H3,(H,24,25)(H,26,27)/t12-,13-,15-,16-,17-/m0/s1. The Hall–Kier alpha value is -2.06. The predicted molar refractivity (Wildman–Crippen MR) is 105 cm³/mol. The average molecular weight is 407 g/mol. The quantitative estimate of drug-likeness (QED) is 0.567. The number of carboxylic acid groups (broad SMARTS) is 2. The van der Waals surface area contributed by atoms with Crippen LogP contribution in [0.25, 0.3) is 0 Å². The first-order chi connectivity index (χ1) is 13.4. The van der Waals surface area contributed by atoms with E-state index in [1.807, 2.05) is 30.3 Å². The molecule has 28 heavy (non-hydrogen) atoms. The summed E-state index contributed by atoms with van der Waals surface area (Å²) in [6.07, 6.45) is 3.26. The molecule has 1 aliphatic carbocycles. The zero-order valence-electron chi connectivity index (χ0n) is 15.8. The van der Waals surface area contributed by atoms with Crippen LogP contribution in [-0.4, -0.2) is 62.9 Å². The second-order valence-electron chi connectivity index (χ2n) is 7.50. The molecule has 7 nitrogen and oxygen atoms in total. The van der Waals surface area contributed by atoms with Gasteiger partial charge in [0.25, 0.3) is 0 Å². The number of carbonyl (C=O) groups is 3. The van der Waals surface area contributed by atoms with E-state index < -0.39 is 30.1 Å². The maximum Gasteiger partial charge on any atom is 0.326 e. The number of benzene rings is 1. The Kier molecular flexibility index (Phi) is 6.61. The molecule has 1 heterocycles. The molecule has 0 spiro atoms. The smallest absolute Gasteiger partial charge is 0.326 e. The molecule has 1 saturated heterocycles. The Bertz CT molecular complexity index is 729. The number of likely N-dealkylation sites (tertiary alicyclic amines) is 1. The van der Waals surface area contributed by atoms with Gasteiger partial charge in [-0.15, -0.1) is 11.8 Å². The molecule has 3 rings (SSSR count). The SMILES string of the molecule is C[C@H](N[C@@H](CSc1ccccc1)C(=O)O)C(=O)N1[C@H](C(=O)O)C[C@@H]2CCC[C@@H]21. The highest BCUT2D eigenvalue weighted by atomic mass is 32.2. The van der Waals surface area contributed by atoms with Crippen molar-refractivity contribution in [3.05, 3.63) is 30.3 Å². The molecule has 1 aromatic carbocycles. The molecule has 1 saturated carbocycles. The molecule has 2 aliphatic rings. The first-order valence-corrected chi connectivity index (χ1v) is 10.6. The van der Waals surface area contributed by atoms with Crippen molar-refractivity contribution in [1.82, 2.24) is 10.2 Å². The highest BCUT2D eigenvalue weighted by Crippen LogP contribution is 2.41. The number of hydrogen-bond donors (Lipinski definition) is 3. The second kappa shape index (κ2) is 8.96. The Morgan fingerprint density at radius 3 is 2.57 bits per heavy atom. The van der Waals surface area contributed by atoms with Crippen molar-refractivity contribution in [2.75, 3.05) is 5.75 Å². The van der Waals surface area contributed by atoms with Gasteiger partial charge in [0.15, 0.2) is 0 Å². The van der Waals surface area contributed by atoms with E-state index in [1.165, 1.54) is 16.7 Å². The maximum absolute atomic E-state index is 13.0. The highest BCUT2D eigenvalue weighted by molar-refractivity contribution is 7.99. The Labute approximate surface area is 168 Å². The van der Waals surface area contributed by atoms with Crippen LogP contribution in [-0.2, 0) is 14.4 Å². The van der Waals surface area contributed by atoms with Gasteiger partial charge in [0.2, 0.25) is 5.91 Å². The summed E-state index contributed by atoms with van der Waals surface area (Å²) in [6.45, 7) is 1.62. The zero-order valence-corrected chi connectivity index (χ0v) is 16.6. The van der Waals surface area contributed by atoms with E-state index in [0.717, 1.165) is 24.2 Å². The summed E-state index contributed by atoms with van der Waals surface area (Å²) in [4.78, 5) is 38.8. The number of carbonyl (C=O) groups excluding carboxylic acids is 1. The molecule has 152 valence electrons. The minimum Gasteiger partial charge on any atom is -0.480 e. The molecule has 0 bridgehead atoms. The van der Waals surface area contributed by atoms with Crippen LogP contribution >= 0.6 is 11.8 Å². The lowest BCUT2D eigenvalue weighted by Gasteiger charge is -2.31. The Morgan fingerprint density at radius 1 is 1.21 bits per heavy atom. The molecule has 1 aliphatic heterocycles. The zero-order chi connectivity index (χ0) is 20.3. The molecule has 8 heteroatoms. The van der Waals surface area contributed by atoms with Gasteiger partial charge < -0.3 is 15.1 Å². The van der Waals surface area contributed by atoms with Crippen LogP contribution in [0.2, 0.25) is 0 Å². The van der Waals surface area contributed by atoms with Crippen LogP contribution in [0, 0.1) is 5.92 Å². The van der Waals surface area contributed by atoms with E-state index >= 15 is 0 Å². The topological polar surface area (TPSA) is 107 Å². The van der Waals surface area contributed by atoms with Gasteiger partial charge in [-0.3, -0.25) is 14.9 Å². The molecule has 0 unspecified atom stereocenters. The van der Waals surface area contributed by atoms with Crippen LogP contribution in [0.5, 0.6) is 0 Å². The molecular weight excluding hydrogens is 380 g/mol. The number of rotatable bonds is 8. The molecule has 0 radical (unpaired) electrons. The second-order valence-corrected chi connectivity index (χ2v) is 8.59. The summed E-state index contributed by atoms with van der Waals surface area (Å²) in [7, 11) is 0. The van der Waals surface area contributed by atoms with E-state index in [0.29, 0.717) is 6.42 Å². The summed E-state index contributed by atoms with van der Waals surface area (Å²) in [5, 5.41) is 22.0. The summed E-state index contributed by atoms with van der Waals surface area (Å²) in [5.74, 6) is -1.83. The van der Waals surface area contributed by atoms with Gasteiger partial charge in [0.1, 0.15) is 12.1 Å². The van der Waals surface area contributed by atoms with Gasteiger partial charge in [0, 0.05) is 16.7 Å². The maximum atomic E-state index is 13.0. The van der Waals surface area contributed by atoms with Crippen molar-refractivity contribution in [3.63, 3.8) is 0 Å². The lowest BCUT2D eigenvalue weighted by molar-refractivity contribution is -0.151. The van der Waals surface area contributed by atoms with Crippen LogP contribution in [0.1, 0.15) is 32.6 Å². The largest absolute Gasteiger partial charge is 0.480 e. The van der Waals surface area contributed by atoms with Crippen molar-refractivity contribution in [1.29, 1.82) is 0 Å². The third kappa shape index (κ3) is 4.50. The van der Waals surface area contributed by atoms with Gasteiger partial charge >= 0.3 is 11.9 Å². The lowest BCUT2D eigenvalue weighted by atomic mass is 10.0. The Morgan fingerprint density at radius 2 is 1.93 bits per heavy atom. The van der Waals surface area contributed by atoms with E-state index in [9.17, 15) is 24.6 Å². The fourth-order valence-electron chi connectivity index (χ4n) is 4.31. The summed E-state index contributed by atoms with van der Waals surface area (Å²) in [6, 6.07) is 6.94. The average Bonchev–Trinajstić information content (AvgIpc) is 3.26. The molecular formula is C20H26N2O5S. The number of hydrogen-bond acceptors (Lipinski definition) is 5. The molecule has 0 aromatic heterocycles. The summed E-state index contributed by atoms with van der Waals surface area (Å²) in [5.41, 5.74) is 0. The first-order valence-electron chi connectivity index (χ1n) is 9.60. The van der Waals surface area contributed by atoms with Crippen molar-refractivity contribution in [2.24, 2.45) is 5.92 Å². The van der Waals surface area contributed by atoms with Crippen LogP contribution in [0.4, 0.5) is 0 Å². The monoisotopic (exact) mass is 406 g/mol. The Balaban J connectivity index is 1.65. The number of amides is 1. The van der Waals surface area contributed by atoms with Gasteiger partial charge in [-0.2, -0.15) is 0 Å². The molecule has 2 fully saturated rings. The predicted octanol–water partition coefficient (Wildman–Crippen LogP) is 2.06. The number of fused-ring (bicyclic) bond motifs is 1. The van der Waals surface area contributed by atoms with Gasteiger partial charge in [-0.25, -0.2) is 4.79 Å². The van der Waals surface area contributed by atoms with E-state index in [2.05, 4.69) is 5.32 Å². The van der Waals surface area contributed by atoms with Gasteiger partial charge in [0.05, 0.1) is 6.04 Å². The van der Waals surface area contributed by atoms with Crippen LogP contribution in [0.3, 0.4) is 0 Å². The van der Waals surface area contributed by atoms with Crippen molar-refractivity contribution in [2.45, 2.75) is 61.7 Å². The first kappa shape index (κ1) is 20.7. The van der Waals surface area contributed by atoms with E-state index in [-0.39, 0.29) is 23.6 Å². The molecule has 3 N–H and O–H groups in total. The third-order valence-corrected chi connectivity index (χ3v) is 6.76. The number of carboxylic acids is 2. The fraction of sp³-hybridized carbons (Fsp3) is 0.550. The highest BCUT2D eigenvalue weighted by Gasteiger charge is 2.49. The van der Waals surface area contributed by atoms with Crippen LogP contribution < -0.4 is 5.32 Å². The van der Waals surface area contributed by atoms with Crippen molar-refractivity contribution >= 4 is 29.6 Å². The normalized spacial score (nSPS) is 25.9. The summed E-state index contributed by atoms with van der Waals surface area (Å²) >= 11 is 1.40. The van der Waals surface area contributed by atoms with Crippen LogP contribution in [0.15, 0.2) is 35.2 Å². The van der Waals surface area contributed by atoms with E-state index in [4.69, 9.17) is 0 Å². The van der Waals surface area contributed by atoms with Crippen molar-refractivity contribution < 1.29 is 24.6 Å². The molecule has 1 amide bonds. The number of nitrogens with one attached hydrogen (secondary N) is 1. The number of thioether (sulfide) groups is 1. The minimum atomic E-state index is -1.03. The number of nitrogens with zero attached hydrogens (tertiary/aromatic N) is 1.